The van der Waals surface area contributed by atoms with E-state index in [1.165, 1.54) is 40.0 Å². The first-order chi connectivity index (χ1) is 10.3. The maximum Gasteiger partial charge on any atom is 0.0701 e. The number of nitrogens with zero attached hydrogens (tertiary/aromatic N) is 2. The zero-order valence-electron chi connectivity index (χ0n) is 12.4. The van der Waals surface area contributed by atoms with Crippen LogP contribution in [0.2, 0.25) is 0 Å². The molecule has 3 nitrogen and oxygen atoms in total. The molecule has 1 atom stereocenters. The van der Waals surface area contributed by atoms with Crippen LogP contribution in [0.5, 0.6) is 0 Å². The van der Waals surface area contributed by atoms with Crippen LogP contribution in [0.1, 0.15) is 55.3 Å². The molecule has 0 aliphatic heterocycles. The summed E-state index contributed by atoms with van der Waals surface area (Å²) in [5.74, 6) is 0. The molecule has 2 heterocycles. The van der Waals surface area contributed by atoms with Crippen LogP contribution in [0.3, 0.4) is 0 Å². The van der Waals surface area contributed by atoms with Gasteiger partial charge in [-0.2, -0.15) is 5.10 Å². The summed E-state index contributed by atoms with van der Waals surface area (Å²) in [6, 6.07) is 7.51. The van der Waals surface area contributed by atoms with Gasteiger partial charge in [0.25, 0.3) is 0 Å². The van der Waals surface area contributed by atoms with Gasteiger partial charge in [-0.1, -0.05) is 19.8 Å². The summed E-state index contributed by atoms with van der Waals surface area (Å²) in [5.41, 5.74) is 1.19. The molecule has 1 N–H and O–H groups in total. The van der Waals surface area contributed by atoms with Crippen LogP contribution in [0.15, 0.2) is 28.2 Å². The van der Waals surface area contributed by atoms with Gasteiger partial charge in [-0.15, -0.1) is 11.3 Å². The molecule has 0 aromatic carbocycles. The summed E-state index contributed by atoms with van der Waals surface area (Å²) in [6.07, 6.45) is 8.40. The van der Waals surface area contributed by atoms with E-state index < -0.39 is 0 Å². The first kappa shape index (κ1) is 15.3. The number of hydrogen-bond donors (Lipinski definition) is 1. The Morgan fingerprint density at radius 1 is 1.38 bits per heavy atom. The van der Waals surface area contributed by atoms with Crippen molar-refractivity contribution >= 4 is 27.3 Å². The lowest BCUT2D eigenvalue weighted by Gasteiger charge is -2.15. The highest BCUT2D eigenvalue weighted by atomic mass is 79.9. The number of nitrogens with one attached hydrogen (secondary N) is 1. The molecule has 1 fully saturated rings. The molecule has 0 spiro atoms. The van der Waals surface area contributed by atoms with Gasteiger partial charge < -0.3 is 5.32 Å². The second kappa shape index (κ2) is 7.07. The molecule has 114 valence electrons. The van der Waals surface area contributed by atoms with E-state index in [0.29, 0.717) is 12.1 Å². The van der Waals surface area contributed by atoms with Gasteiger partial charge in [-0.05, 0) is 53.5 Å². The highest BCUT2D eigenvalue weighted by molar-refractivity contribution is 9.11. The van der Waals surface area contributed by atoms with Gasteiger partial charge in [0, 0.05) is 23.5 Å². The Hall–Kier alpha value is -0.650. The van der Waals surface area contributed by atoms with E-state index in [0.717, 1.165) is 13.0 Å². The molecule has 0 saturated heterocycles. The summed E-state index contributed by atoms with van der Waals surface area (Å²) in [5, 5.41) is 8.40. The third-order valence-electron chi connectivity index (χ3n) is 4.16. The molecule has 0 radical (unpaired) electrons. The average Bonchev–Trinajstić information content (AvgIpc) is 3.18. The van der Waals surface area contributed by atoms with Gasteiger partial charge in [-0.3, -0.25) is 4.68 Å². The number of thiophene rings is 1. The minimum atomic E-state index is 0.359. The first-order valence-electron chi connectivity index (χ1n) is 7.79. The van der Waals surface area contributed by atoms with Gasteiger partial charge in [-0.25, -0.2) is 0 Å². The number of aromatic nitrogens is 2. The Morgan fingerprint density at radius 3 is 2.86 bits per heavy atom. The largest absolute Gasteiger partial charge is 0.309 e. The van der Waals surface area contributed by atoms with Crippen molar-refractivity contribution in [3.63, 3.8) is 0 Å². The third-order valence-corrected chi connectivity index (χ3v) is 5.90. The maximum absolute atomic E-state index is 4.82. The fourth-order valence-corrected chi connectivity index (χ4v) is 4.60. The zero-order valence-corrected chi connectivity index (χ0v) is 14.8. The second-order valence-corrected chi connectivity index (χ2v) is 8.18. The van der Waals surface area contributed by atoms with Crippen LogP contribution in [-0.4, -0.2) is 16.3 Å². The Morgan fingerprint density at radius 2 is 2.19 bits per heavy atom. The van der Waals surface area contributed by atoms with Crippen LogP contribution < -0.4 is 5.32 Å². The fraction of sp³-hybridized carbons (Fsp3) is 0.562. The van der Waals surface area contributed by atoms with Crippen molar-refractivity contribution in [3.05, 3.63) is 38.8 Å². The third kappa shape index (κ3) is 3.76. The summed E-state index contributed by atoms with van der Waals surface area (Å²) < 4.78 is 3.38. The molecule has 1 unspecified atom stereocenters. The Balaban J connectivity index is 1.70. The second-order valence-electron chi connectivity index (χ2n) is 5.68. The average molecular weight is 368 g/mol. The minimum absolute atomic E-state index is 0.359. The van der Waals surface area contributed by atoms with Crippen LogP contribution >= 0.6 is 27.3 Å². The standard InChI is InChI=1S/C16H22BrN3S/c1-2-18-14(15-7-8-16(17)21-15)11-12-9-10-20(19-12)13-5-3-4-6-13/h7-10,13-14,18H,2-6,11H2,1H3. The summed E-state index contributed by atoms with van der Waals surface area (Å²) in [7, 11) is 0. The van der Waals surface area contributed by atoms with Gasteiger partial charge in [0.2, 0.25) is 0 Å². The number of rotatable bonds is 6. The molecule has 0 amide bonds. The predicted molar refractivity (Wildman–Crippen MR) is 91.9 cm³/mol. The quantitative estimate of drug-likeness (QED) is 0.800. The lowest BCUT2D eigenvalue weighted by Crippen LogP contribution is -2.22. The highest BCUT2D eigenvalue weighted by Crippen LogP contribution is 2.31. The fourth-order valence-electron chi connectivity index (χ4n) is 3.10. The van der Waals surface area contributed by atoms with E-state index in [2.05, 4.69) is 57.2 Å². The van der Waals surface area contributed by atoms with E-state index in [-0.39, 0.29) is 0 Å². The molecular weight excluding hydrogens is 346 g/mol. The van der Waals surface area contributed by atoms with Crippen LogP contribution in [-0.2, 0) is 6.42 Å². The van der Waals surface area contributed by atoms with Crippen molar-refractivity contribution in [1.29, 1.82) is 0 Å². The molecule has 2 aromatic heterocycles. The lowest BCUT2D eigenvalue weighted by atomic mass is 10.1. The van der Waals surface area contributed by atoms with Crippen molar-refractivity contribution in [2.75, 3.05) is 6.54 Å². The minimum Gasteiger partial charge on any atom is -0.309 e. The molecular formula is C16H22BrN3S. The maximum atomic E-state index is 4.82. The number of halogens is 1. The molecule has 5 heteroatoms. The SMILES string of the molecule is CCNC(Cc1ccn(C2CCCC2)n1)c1ccc(Br)s1. The zero-order chi connectivity index (χ0) is 14.7. The van der Waals surface area contributed by atoms with Gasteiger partial charge in [0.1, 0.15) is 0 Å². The summed E-state index contributed by atoms with van der Waals surface area (Å²) in [6.45, 7) is 3.14. The number of hydrogen-bond acceptors (Lipinski definition) is 3. The van der Waals surface area contributed by atoms with Gasteiger partial charge >= 0.3 is 0 Å². The molecule has 1 aliphatic carbocycles. The van der Waals surface area contributed by atoms with E-state index in [4.69, 9.17) is 5.10 Å². The molecule has 21 heavy (non-hydrogen) atoms. The Kier molecular flexibility index (Phi) is 5.14. The van der Waals surface area contributed by atoms with Crippen molar-refractivity contribution in [2.45, 2.75) is 51.1 Å². The normalized spacial score (nSPS) is 17.4. The summed E-state index contributed by atoms with van der Waals surface area (Å²) in [4.78, 5) is 1.37. The molecule has 1 saturated carbocycles. The molecule has 0 bridgehead atoms. The van der Waals surface area contributed by atoms with Crippen molar-refractivity contribution in [3.8, 4) is 0 Å². The predicted octanol–water partition coefficient (Wildman–Crippen LogP) is 4.72. The molecule has 3 rings (SSSR count). The van der Waals surface area contributed by atoms with Crippen molar-refractivity contribution in [1.82, 2.24) is 15.1 Å². The van der Waals surface area contributed by atoms with E-state index in [1.807, 2.05) is 0 Å². The van der Waals surface area contributed by atoms with Crippen LogP contribution in [0, 0.1) is 0 Å². The van der Waals surface area contributed by atoms with E-state index >= 15 is 0 Å². The Labute approximate surface area is 138 Å². The Bertz CT molecular complexity index is 572. The molecule has 2 aromatic rings. The highest BCUT2D eigenvalue weighted by Gasteiger charge is 2.19. The smallest absolute Gasteiger partial charge is 0.0701 e. The van der Waals surface area contributed by atoms with Gasteiger partial charge in [0.05, 0.1) is 15.5 Å². The first-order valence-corrected chi connectivity index (χ1v) is 9.40. The summed E-state index contributed by atoms with van der Waals surface area (Å²) >= 11 is 5.36. The van der Waals surface area contributed by atoms with E-state index in [1.54, 1.807) is 11.3 Å². The van der Waals surface area contributed by atoms with Crippen molar-refractivity contribution in [2.24, 2.45) is 0 Å². The monoisotopic (exact) mass is 367 g/mol. The van der Waals surface area contributed by atoms with Crippen molar-refractivity contribution < 1.29 is 0 Å². The number of likely N-dealkylation sites (N-methyl/N-ethyl adjacent to an activating group) is 1. The van der Waals surface area contributed by atoms with E-state index in [9.17, 15) is 0 Å². The van der Waals surface area contributed by atoms with Crippen LogP contribution in [0.25, 0.3) is 0 Å². The molecule has 1 aliphatic rings. The topological polar surface area (TPSA) is 29.9 Å². The van der Waals surface area contributed by atoms with Gasteiger partial charge in [0.15, 0.2) is 0 Å². The van der Waals surface area contributed by atoms with Crippen LogP contribution in [0.4, 0.5) is 0 Å². The lowest BCUT2D eigenvalue weighted by molar-refractivity contribution is 0.458.